The van der Waals surface area contributed by atoms with Crippen molar-refractivity contribution in [2.24, 2.45) is 13.0 Å². The van der Waals surface area contributed by atoms with E-state index in [4.69, 9.17) is 0 Å². The molecular formula is C13H22BrN3. The molecule has 96 valence electrons. The molecule has 0 aliphatic heterocycles. The van der Waals surface area contributed by atoms with Crippen molar-refractivity contribution in [2.45, 2.75) is 45.1 Å². The Kier molecular flexibility index (Phi) is 4.26. The average Bonchev–Trinajstić information content (AvgIpc) is 2.88. The number of aryl methyl sites for hydroxylation is 2. The fraction of sp³-hybridized carbons (Fsp3) is 0.769. The second-order valence-corrected chi connectivity index (χ2v) is 5.77. The number of nitrogens with zero attached hydrogens (tertiary/aromatic N) is 2. The summed E-state index contributed by atoms with van der Waals surface area (Å²) in [4.78, 5) is 0. The van der Waals surface area contributed by atoms with Crippen LogP contribution in [0, 0.1) is 5.92 Å². The van der Waals surface area contributed by atoms with Crippen LogP contribution in [0.4, 0.5) is 0 Å². The van der Waals surface area contributed by atoms with Gasteiger partial charge in [0.25, 0.3) is 0 Å². The van der Waals surface area contributed by atoms with Crippen molar-refractivity contribution in [3.63, 3.8) is 0 Å². The van der Waals surface area contributed by atoms with Crippen LogP contribution in [0.5, 0.6) is 0 Å². The second kappa shape index (κ2) is 5.53. The van der Waals surface area contributed by atoms with Gasteiger partial charge < -0.3 is 5.32 Å². The van der Waals surface area contributed by atoms with Crippen molar-refractivity contribution >= 4 is 15.9 Å². The summed E-state index contributed by atoms with van der Waals surface area (Å²) in [7, 11) is 4.14. The van der Waals surface area contributed by atoms with Gasteiger partial charge in [-0.15, -0.1) is 0 Å². The van der Waals surface area contributed by atoms with E-state index in [1.807, 2.05) is 4.68 Å². The zero-order valence-corrected chi connectivity index (χ0v) is 12.5. The average molecular weight is 300 g/mol. The van der Waals surface area contributed by atoms with E-state index in [0.29, 0.717) is 6.04 Å². The van der Waals surface area contributed by atoms with Crippen LogP contribution in [0.15, 0.2) is 4.47 Å². The first kappa shape index (κ1) is 13.1. The summed E-state index contributed by atoms with van der Waals surface area (Å²) < 4.78 is 3.28. The highest BCUT2D eigenvalue weighted by atomic mass is 79.9. The molecule has 0 saturated heterocycles. The molecular weight excluding hydrogens is 278 g/mol. The van der Waals surface area contributed by atoms with Crippen LogP contribution in [0.2, 0.25) is 0 Å². The molecule has 0 amide bonds. The first-order valence-electron chi connectivity index (χ1n) is 6.54. The van der Waals surface area contributed by atoms with Gasteiger partial charge >= 0.3 is 0 Å². The minimum Gasteiger partial charge on any atom is -0.317 e. The molecule has 2 rings (SSSR count). The number of nitrogens with one attached hydrogen (secondary N) is 1. The number of aromatic nitrogens is 2. The number of hydrogen-bond acceptors (Lipinski definition) is 2. The topological polar surface area (TPSA) is 29.9 Å². The van der Waals surface area contributed by atoms with Crippen molar-refractivity contribution in [1.82, 2.24) is 15.1 Å². The molecule has 0 radical (unpaired) electrons. The van der Waals surface area contributed by atoms with Crippen molar-refractivity contribution in [3.8, 4) is 0 Å². The molecule has 1 N–H and O–H groups in total. The Morgan fingerprint density at radius 2 is 2.24 bits per heavy atom. The highest BCUT2D eigenvalue weighted by molar-refractivity contribution is 9.10. The van der Waals surface area contributed by atoms with Gasteiger partial charge in [-0.1, -0.05) is 13.3 Å². The van der Waals surface area contributed by atoms with Gasteiger partial charge in [-0.05, 0) is 54.6 Å². The Labute approximate surface area is 112 Å². The number of hydrogen-bond donors (Lipinski definition) is 1. The van der Waals surface area contributed by atoms with Crippen molar-refractivity contribution in [2.75, 3.05) is 7.05 Å². The Bertz CT molecular complexity index is 386. The van der Waals surface area contributed by atoms with Crippen LogP contribution in [-0.4, -0.2) is 22.9 Å². The van der Waals surface area contributed by atoms with Crippen molar-refractivity contribution in [1.29, 1.82) is 0 Å². The van der Waals surface area contributed by atoms with Crippen LogP contribution in [0.25, 0.3) is 0 Å². The zero-order chi connectivity index (χ0) is 12.4. The van der Waals surface area contributed by atoms with Crippen molar-refractivity contribution < 1.29 is 0 Å². The molecule has 1 fully saturated rings. The Balaban J connectivity index is 2.15. The van der Waals surface area contributed by atoms with Gasteiger partial charge in [0.2, 0.25) is 0 Å². The smallest absolute Gasteiger partial charge is 0.0766 e. The SMILES string of the molecule is CCc1nn(C)c(CC2CCCC2NC)c1Br. The first-order valence-corrected chi connectivity index (χ1v) is 7.34. The van der Waals surface area contributed by atoms with Crippen LogP contribution in [-0.2, 0) is 19.9 Å². The van der Waals surface area contributed by atoms with Crippen LogP contribution in [0.1, 0.15) is 37.6 Å². The molecule has 17 heavy (non-hydrogen) atoms. The third kappa shape index (κ3) is 2.58. The van der Waals surface area contributed by atoms with Gasteiger partial charge in [0, 0.05) is 13.1 Å². The minimum absolute atomic E-state index is 0.682. The maximum atomic E-state index is 4.57. The molecule has 1 saturated carbocycles. The fourth-order valence-corrected chi connectivity index (χ4v) is 3.73. The molecule has 1 aliphatic carbocycles. The molecule has 3 nitrogen and oxygen atoms in total. The van der Waals surface area contributed by atoms with E-state index in [1.165, 1.54) is 35.1 Å². The monoisotopic (exact) mass is 299 g/mol. The first-order chi connectivity index (χ1) is 8.17. The van der Waals surface area contributed by atoms with Gasteiger partial charge in [0.05, 0.1) is 15.9 Å². The van der Waals surface area contributed by atoms with Crippen LogP contribution in [0.3, 0.4) is 0 Å². The van der Waals surface area contributed by atoms with Gasteiger partial charge in [0.1, 0.15) is 0 Å². The summed E-state index contributed by atoms with van der Waals surface area (Å²) in [6, 6.07) is 0.682. The van der Waals surface area contributed by atoms with Gasteiger partial charge in [-0.2, -0.15) is 5.10 Å². The van der Waals surface area contributed by atoms with E-state index < -0.39 is 0 Å². The molecule has 1 aromatic rings. The number of halogens is 1. The predicted molar refractivity (Wildman–Crippen MR) is 74.2 cm³/mol. The Morgan fingerprint density at radius 3 is 2.82 bits per heavy atom. The van der Waals surface area contributed by atoms with Crippen LogP contribution >= 0.6 is 15.9 Å². The predicted octanol–water partition coefficient (Wildman–Crippen LogP) is 2.68. The quantitative estimate of drug-likeness (QED) is 0.926. The third-order valence-corrected chi connectivity index (χ3v) is 4.90. The lowest BCUT2D eigenvalue weighted by Crippen LogP contribution is -2.30. The highest BCUT2D eigenvalue weighted by Crippen LogP contribution is 2.31. The lowest BCUT2D eigenvalue weighted by atomic mass is 9.97. The summed E-state index contributed by atoms with van der Waals surface area (Å²) in [5, 5.41) is 8.02. The van der Waals surface area contributed by atoms with Gasteiger partial charge in [-0.3, -0.25) is 4.68 Å². The van der Waals surface area contributed by atoms with E-state index in [9.17, 15) is 0 Å². The number of rotatable bonds is 4. The summed E-state index contributed by atoms with van der Waals surface area (Å²) >= 11 is 3.71. The highest BCUT2D eigenvalue weighted by Gasteiger charge is 2.28. The van der Waals surface area contributed by atoms with Gasteiger partial charge in [-0.25, -0.2) is 0 Å². The van der Waals surface area contributed by atoms with E-state index in [-0.39, 0.29) is 0 Å². The lowest BCUT2D eigenvalue weighted by Gasteiger charge is -2.19. The van der Waals surface area contributed by atoms with E-state index in [0.717, 1.165) is 18.8 Å². The molecule has 1 aromatic heterocycles. The maximum absolute atomic E-state index is 4.57. The largest absolute Gasteiger partial charge is 0.317 e. The molecule has 4 heteroatoms. The van der Waals surface area contributed by atoms with Crippen molar-refractivity contribution in [3.05, 3.63) is 15.9 Å². The maximum Gasteiger partial charge on any atom is 0.0766 e. The fourth-order valence-electron chi connectivity index (χ4n) is 2.95. The molecule has 0 bridgehead atoms. The normalized spacial score (nSPS) is 24.5. The van der Waals surface area contributed by atoms with E-state index in [2.05, 4.69) is 47.4 Å². The molecule has 2 atom stereocenters. The molecule has 0 aromatic carbocycles. The Hall–Kier alpha value is -0.350. The zero-order valence-electron chi connectivity index (χ0n) is 11.0. The Morgan fingerprint density at radius 1 is 1.47 bits per heavy atom. The lowest BCUT2D eigenvalue weighted by molar-refractivity contribution is 0.413. The summed E-state index contributed by atoms with van der Waals surface area (Å²) in [5.41, 5.74) is 2.54. The summed E-state index contributed by atoms with van der Waals surface area (Å²) in [6.07, 6.45) is 6.14. The molecule has 2 unspecified atom stereocenters. The third-order valence-electron chi connectivity index (χ3n) is 3.99. The van der Waals surface area contributed by atoms with E-state index >= 15 is 0 Å². The summed E-state index contributed by atoms with van der Waals surface area (Å²) in [6.45, 7) is 2.16. The second-order valence-electron chi connectivity index (χ2n) is 4.97. The standard InChI is InChI=1S/C13H22BrN3/c1-4-10-13(14)12(17(3)16-10)8-9-6-5-7-11(9)15-2/h9,11,15H,4-8H2,1-3H3. The molecule has 1 aliphatic rings. The minimum atomic E-state index is 0.682. The van der Waals surface area contributed by atoms with Crippen LogP contribution < -0.4 is 5.32 Å². The summed E-state index contributed by atoms with van der Waals surface area (Å²) in [5.74, 6) is 0.761. The molecule has 1 heterocycles. The molecule has 0 spiro atoms. The van der Waals surface area contributed by atoms with E-state index in [1.54, 1.807) is 0 Å². The van der Waals surface area contributed by atoms with Gasteiger partial charge in [0.15, 0.2) is 0 Å².